The highest BCUT2D eigenvalue weighted by Gasteiger charge is 2.12. The van der Waals surface area contributed by atoms with Gasteiger partial charge in [0.15, 0.2) is 0 Å². The first-order valence-electron chi connectivity index (χ1n) is 6.67. The average Bonchev–Trinajstić information content (AvgIpc) is 2.37. The fraction of sp³-hybridized carbons (Fsp3) is 0.917. The van der Waals surface area contributed by atoms with E-state index in [0.29, 0.717) is 12.6 Å². The molecule has 1 aliphatic rings. The van der Waals surface area contributed by atoms with Crippen molar-refractivity contribution in [2.24, 2.45) is 0 Å². The molecule has 3 N–H and O–H groups in total. The lowest BCUT2D eigenvalue weighted by Crippen LogP contribution is -2.37. The summed E-state index contributed by atoms with van der Waals surface area (Å²) >= 11 is 0. The van der Waals surface area contributed by atoms with Crippen molar-refractivity contribution < 1.29 is 9.53 Å². The fourth-order valence-electron chi connectivity index (χ4n) is 1.79. The van der Waals surface area contributed by atoms with E-state index in [9.17, 15) is 4.79 Å². The van der Waals surface area contributed by atoms with Crippen LogP contribution >= 0.6 is 0 Å². The first-order chi connectivity index (χ1) is 8.33. The lowest BCUT2D eigenvalue weighted by molar-refractivity contribution is 0.0320. The van der Waals surface area contributed by atoms with E-state index >= 15 is 0 Å². The van der Waals surface area contributed by atoms with E-state index < -0.39 is 0 Å². The Morgan fingerprint density at radius 1 is 1.29 bits per heavy atom. The summed E-state index contributed by atoms with van der Waals surface area (Å²) < 4.78 is 5.73. The number of amides is 2. The average molecular weight is 243 g/mol. The van der Waals surface area contributed by atoms with Crippen LogP contribution in [-0.4, -0.2) is 44.9 Å². The molecule has 0 aromatic rings. The minimum absolute atomic E-state index is 0.0753. The monoisotopic (exact) mass is 243 g/mol. The molecule has 5 nitrogen and oxygen atoms in total. The maximum absolute atomic E-state index is 11.2. The summed E-state index contributed by atoms with van der Waals surface area (Å²) in [4.78, 5) is 11.2. The summed E-state index contributed by atoms with van der Waals surface area (Å²) in [5, 5.41) is 8.89. The van der Waals surface area contributed by atoms with Crippen LogP contribution in [0.5, 0.6) is 0 Å². The van der Waals surface area contributed by atoms with Crippen LogP contribution < -0.4 is 16.0 Å². The van der Waals surface area contributed by atoms with Crippen molar-refractivity contribution in [1.29, 1.82) is 0 Å². The SMILES string of the molecule is CCCNC(=O)NCCCOC1CCNCC1. The fourth-order valence-corrected chi connectivity index (χ4v) is 1.79. The van der Waals surface area contributed by atoms with Crippen LogP contribution in [0.1, 0.15) is 32.6 Å². The Morgan fingerprint density at radius 3 is 2.71 bits per heavy atom. The topological polar surface area (TPSA) is 62.4 Å². The number of hydrogen-bond donors (Lipinski definition) is 3. The lowest BCUT2D eigenvalue weighted by atomic mass is 10.1. The molecule has 100 valence electrons. The van der Waals surface area contributed by atoms with Gasteiger partial charge in [-0.05, 0) is 38.8 Å². The third-order valence-corrected chi connectivity index (χ3v) is 2.78. The van der Waals surface area contributed by atoms with Crippen molar-refractivity contribution in [3.63, 3.8) is 0 Å². The zero-order valence-corrected chi connectivity index (χ0v) is 10.8. The standard InChI is InChI=1S/C12H25N3O2/c1-2-6-14-12(16)15-7-3-10-17-11-4-8-13-9-5-11/h11,13H,2-10H2,1H3,(H2,14,15,16). The van der Waals surface area contributed by atoms with E-state index in [-0.39, 0.29) is 6.03 Å². The van der Waals surface area contributed by atoms with E-state index in [1.165, 1.54) is 0 Å². The van der Waals surface area contributed by atoms with Gasteiger partial charge >= 0.3 is 6.03 Å². The molecule has 0 atom stereocenters. The Bertz CT molecular complexity index is 206. The van der Waals surface area contributed by atoms with E-state index in [0.717, 1.165) is 51.9 Å². The highest BCUT2D eigenvalue weighted by molar-refractivity contribution is 5.73. The second kappa shape index (κ2) is 9.24. The number of ether oxygens (including phenoxy) is 1. The van der Waals surface area contributed by atoms with Crippen LogP contribution in [0.3, 0.4) is 0 Å². The van der Waals surface area contributed by atoms with Gasteiger partial charge in [-0.25, -0.2) is 4.79 Å². The van der Waals surface area contributed by atoms with Crippen LogP contribution in [0.2, 0.25) is 0 Å². The van der Waals surface area contributed by atoms with Gasteiger partial charge in [0.25, 0.3) is 0 Å². The molecule has 0 bridgehead atoms. The minimum atomic E-state index is -0.0753. The maximum atomic E-state index is 11.2. The Labute approximate surface area is 104 Å². The molecule has 1 rings (SSSR count). The Hall–Kier alpha value is -0.810. The number of urea groups is 1. The van der Waals surface area contributed by atoms with Crippen LogP contribution in [0, 0.1) is 0 Å². The van der Waals surface area contributed by atoms with Crippen molar-refractivity contribution >= 4 is 6.03 Å². The highest BCUT2D eigenvalue weighted by atomic mass is 16.5. The van der Waals surface area contributed by atoms with E-state index in [1.54, 1.807) is 0 Å². The summed E-state index contributed by atoms with van der Waals surface area (Å²) in [6.07, 6.45) is 4.45. The van der Waals surface area contributed by atoms with Crippen molar-refractivity contribution in [2.45, 2.75) is 38.7 Å². The van der Waals surface area contributed by atoms with E-state index in [2.05, 4.69) is 16.0 Å². The van der Waals surface area contributed by atoms with Gasteiger partial charge in [-0.3, -0.25) is 0 Å². The molecule has 5 heteroatoms. The number of hydrogen-bond acceptors (Lipinski definition) is 3. The van der Waals surface area contributed by atoms with Gasteiger partial charge in [-0.2, -0.15) is 0 Å². The van der Waals surface area contributed by atoms with Gasteiger partial charge in [-0.15, -0.1) is 0 Å². The highest BCUT2D eigenvalue weighted by Crippen LogP contribution is 2.06. The van der Waals surface area contributed by atoms with Crippen LogP contribution in [-0.2, 0) is 4.74 Å². The molecule has 0 radical (unpaired) electrons. The zero-order valence-electron chi connectivity index (χ0n) is 10.8. The summed E-state index contributed by atoms with van der Waals surface area (Å²) in [6.45, 7) is 6.30. The molecule has 0 aromatic carbocycles. The largest absolute Gasteiger partial charge is 0.378 e. The van der Waals surface area contributed by atoms with Gasteiger partial charge in [-0.1, -0.05) is 6.92 Å². The number of nitrogens with one attached hydrogen (secondary N) is 3. The summed E-state index contributed by atoms with van der Waals surface area (Å²) in [7, 11) is 0. The molecular formula is C12H25N3O2. The van der Waals surface area contributed by atoms with Gasteiger partial charge in [0, 0.05) is 19.7 Å². The minimum Gasteiger partial charge on any atom is -0.378 e. The molecule has 1 saturated heterocycles. The molecule has 0 unspecified atom stereocenters. The van der Waals surface area contributed by atoms with Gasteiger partial charge in [0.2, 0.25) is 0 Å². The first kappa shape index (κ1) is 14.3. The van der Waals surface area contributed by atoms with Crippen molar-refractivity contribution in [3.05, 3.63) is 0 Å². The Balaban J connectivity index is 1.88. The summed E-state index contributed by atoms with van der Waals surface area (Å²) in [6, 6.07) is -0.0753. The van der Waals surface area contributed by atoms with Crippen LogP contribution in [0.25, 0.3) is 0 Å². The zero-order chi connectivity index (χ0) is 12.3. The van der Waals surface area contributed by atoms with Crippen LogP contribution in [0.4, 0.5) is 4.79 Å². The van der Waals surface area contributed by atoms with Crippen molar-refractivity contribution in [1.82, 2.24) is 16.0 Å². The molecule has 0 spiro atoms. The smallest absolute Gasteiger partial charge is 0.314 e. The molecule has 0 aromatic heterocycles. The van der Waals surface area contributed by atoms with Gasteiger partial charge < -0.3 is 20.7 Å². The second-order valence-corrected chi connectivity index (χ2v) is 4.36. The molecule has 1 aliphatic heterocycles. The lowest BCUT2D eigenvalue weighted by Gasteiger charge is -2.22. The predicted octanol–water partition coefficient (Wildman–Crippen LogP) is 0.854. The van der Waals surface area contributed by atoms with Crippen LogP contribution in [0.15, 0.2) is 0 Å². The number of rotatable bonds is 7. The number of carbonyl (C=O) groups is 1. The normalized spacial score (nSPS) is 16.8. The second-order valence-electron chi connectivity index (χ2n) is 4.36. The third-order valence-electron chi connectivity index (χ3n) is 2.78. The third kappa shape index (κ3) is 7.18. The van der Waals surface area contributed by atoms with Crippen molar-refractivity contribution in [2.75, 3.05) is 32.8 Å². The summed E-state index contributed by atoms with van der Waals surface area (Å²) in [5.41, 5.74) is 0. The molecule has 1 fully saturated rings. The molecule has 2 amide bonds. The number of carbonyl (C=O) groups excluding carboxylic acids is 1. The number of piperidine rings is 1. The van der Waals surface area contributed by atoms with E-state index in [4.69, 9.17) is 4.74 Å². The van der Waals surface area contributed by atoms with Gasteiger partial charge in [0.1, 0.15) is 0 Å². The summed E-state index contributed by atoms with van der Waals surface area (Å²) in [5.74, 6) is 0. The Kier molecular flexibility index (Phi) is 7.75. The molecule has 17 heavy (non-hydrogen) atoms. The van der Waals surface area contributed by atoms with E-state index in [1.807, 2.05) is 6.92 Å². The predicted molar refractivity (Wildman–Crippen MR) is 68.2 cm³/mol. The molecular weight excluding hydrogens is 218 g/mol. The molecule has 0 saturated carbocycles. The first-order valence-corrected chi connectivity index (χ1v) is 6.67. The Morgan fingerprint density at radius 2 is 2.00 bits per heavy atom. The molecule has 0 aliphatic carbocycles. The van der Waals surface area contributed by atoms with Crippen molar-refractivity contribution in [3.8, 4) is 0 Å². The van der Waals surface area contributed by atoms with Gasteiger partial charge in [0.05, 0.1) is 6.10 Å². The maximum Gasteiger partial charge on any atom is 0.314 e. The molecule has 1 heterocycles. The quantitative estimate of drug-likeness (QED) is 0.581.